The van der Waals surface area contributed by atoms with Crippen LogP contribution in [0.4, 0.5) is 36.1 Å². The number of benzene rings is 2. The lowest BCUT2D eigenvalue weighted by Gasteiger charge is -2.43. The van der Waals surface area contributed by atoms with Gasteiger partial charge in [0.15, 0.2) is 5.69 Å². The number of alkyl halides is 3. The third kappa shape index (κ3) is 8.45. The molecule has 2 N–H and O–H groups in total. The Hall–Kier alpha value is -6.02. The second-order valence-electron chi connectivity index (χ2n) is 15.9. The van der Waals surface area contributed by atoms with Gasteiger partial charge >= 0.3 is 6.18 Å². The minimum atomic E-state index is -4.62. The Bertz CT molecular complexity index is 2190. The van der Waals surface area contributed by atoms with Crippen LogP contribution in [0.15, 0.2) is 54.7 Å². The van der Waals surface area contributed by atoms with Gasteiger partial charge in [0, 0.05) is 75.4 Å². The highest BCUT2D eigenvalue weighted by molar-refractivity contribution is 6.23. The average Bonchev–Trinajstić information content (AvgIpc) is 3.46. The van der Waals surface area contributed by atoms with Crippen LogP contribution in [0.5, 0.6) is 5.75 Å². The fourth-order valence-corrected chi connectivity index (χ4v) is 8.75. The van der Waals surface area contributed by atoms with Crippen molar-refractivity contribution in [3.05, 3.63) is 82.8 Å². The van der Waals surface area contributed by atoms with E-state index in [1.807, 2.05) is 6.07 Å². The molecular formula is C42H43F3N8O6. The number of carbonyl (C=O) groups excluding carboxylic acids is 5. The maximum Gasteiger partial charge on any atom is 0.407 e. The van der Waals surface area contributed by atoms with E-state index in [1.54, 1.807) is 35.4 Å². The third-order valence-corrected chi connectivity index (χ3v) is 12.1. The number of aromatic nitrogens is 1. The van der Waals surface area contributed by atoms with Crippen LogP contribution < -0.4 is 25.2 Å². The second-order valence-corrected chi connectivity index (χ2v) is 15.9. The molecule has 308 valence electrons. The summed E-state index contributed by atoms with van der Waals surface area (Å²) in [6.45, 7) is 12.9. The predicted octanol–water partition coefficient (Wildman–Crippen LogP) is 5.13. The van der Waals surface area contributed by atoms with Crippen LogP contribution in [0.2, 0.25) is 0 Å². The van der Waals surface area contributed by atoms with E-state index in [4.69, 9.17) is 11.3 Å². The molecule has 1 atom stereocenters. The Balaban J connectivity index is 0.728. The first-order valence-electron chi connectivity index (χ1n) is 19.9. The molecule has 8 rings (SSSR count). The number of carbonyl (C=O) groups is 5. The number of imide groups is 2. The molecule has 5 aliphatic rings. The fourth-order valence-electron chi connectivity index (χ4n) is 8.75. The minimum absolute atomic E-state index is 0.0775. The maximum absolute atomic E-state index is 13.4. The number of nitrogens with one attached hydrogen (secondary N) is 2. The first-order chi connectivity index (χ1) is 28.3. The molecule has 0 saturated carbocycles. The number of anilines is 3. The highest BCUT2D eigenvalue weighted by atomic mass is 19.4. The lowest BCUT2D eigenvalue weighted by Crippen LogP contribution is -2.54. The summed E-state index contributed by atoms with van der Waals surface area (Å²) in [6, 6.07) is 11.5. The van der Waals surface area contributed by atoms with E-state index in [9.17, 15) is 37.1 Å². The molecule has 0 spiro atoms. The van der Waals surface area contributed by atoms with Crippen molar-refractivity contribution in [1.29, 1.82) is 0 Å². The highest BCUT2D eigenvalue weighted by Gasteiger charge is 2.45. The van der Waals surface area contributed by atoms with Crippen LogP contribution in [-0.4, -0.2) is 103 Å². The Morgan fingerprint density at radius 3 is 2.20 bits per heavy atom. The first kappa shape index (κ1) is 39.8. The number of nitrogens with zero attached hydrogens (tertiary/aromatic N) is 6. The summed E-state index contributed by atoms with van der Waals surface area (Å²) in [6.07, 6.45) is 0.0687. The number of likely N-dealkylation sites (tertiary alicyclic amines) is 1. The molecule has 14 nitrogen and oxygen atoms in total. The van der Waals surface area contributed by atoms with Gasteiger partial charge in [-0.2, -0.15) is 13.2 Å². The largest absolute Gasteiger partial charge is 0.492 e. The second kappa shape index (κ2) is 16.3. The molecular weight excluding hydrogens is 770 g/mol. The zero-order valence-corrected chi connectivity index (χ0v) is 32.2. The van der Waals surface area contributed by atoms with Crippen LogP contribution >= 0.6 is 0 Å². The van der Waals surface area contributed by atoms with Gasteiger partial charge in [0.05, 0.1) is 36.1 Å². The van der Waals surface area contributed by atoms with Gasteiger partial charge in [0.1, 0.15) is 17.6 Å². The first-order valence-corrected chi connectivity index (χ1v) is 19.9. The molecule has 6 heterocycles. The Morgan fingerprint density at radius 1 is 0.864 bits per heavy atom. The number of piperidine rings is 3. The van der Waals surface area contributed by atoms with Crippen molar-refractivity contribution in [3.8, 4) is 5.75 Å². The Kier molecular flexibility index (Phi) is 11.0. The smallest absolute Gasteiger partial charge is 0.407 e. The lowest BCUT2D eigenvalue weighted by molar-refractivity contribution is -0.137. The molecule has 5 amide bonds. The summed E-state index contributed by atoms with van der Waals surface area (Å²) < 4.78 is 46.3. The zero-order chi connectivity index (χ0) is 41.4. The molecule has 59 heavy (non-hydrogen) atoms. The summed E-state index contributed by atoms with van der Waals surface area (Å²) in [5, 5.41) is 5.07. The number of fused-ring (bicyclic) bond motifs is 1. The molecule has 0 aliphatic carbocycles. The van der Waals surface area contributed by atoms with Gasteiger partial charge in [-0.1, -0.05) is 6.07 Å². The molecule has 2 aromatic carbocycles. The molecule has 4 saturated heterocycles. The van der Waals surface area contributed by atoms with Gasteiger partial charge in [-0.3, -0.25) is 34.2 Å². The molecule has 0 bridgehead atoms. The van der Waals surface area contributed by atoms with Crippen molar-refractivity contribution in [2.75, 3.05) is 67.5 Å². The van der Waals surface area contributed by atoms with Crippen LogP contribution in [0.3, 0.4) is 0 Å². The van der Waals surface area contributed by atoms with E-state index in [2.05, 4.69) is 30.3 Å². The summed E-state index contributed by atoms with van der Waals surface area (Å²) in [5.41, 5.74) is 0.428. The van der Waals surface area contributed by atoms with E-state index < -0.39 is 47.1 Å². The molecule has 4 fully saturated rings. The zero-order valence-electron chi connectivity index (χ0n) is 32.2. The van der Waals surface area contributed by atoms with Crippen LogP contribution in [0.25, 0.3) is 4.85 Å². The summed E-state index contributed by atoms with van der Waals surface area (Å²) in [5.74, 6) is -0.627. The molecule has 17 heteroatoms. The van der Waals surface area contributed by atoms with Gasteiger partial charge in [-0.05, 0) is 80.5 Å². The number of halogens is 3. The topological polar surface area (TPSA) is 149 Å². The minimum Gasteiger partial charge on any atom is -0.492 e. The average molecular weight is 813 g/mol. The van der Waals surface area contributed by atoms with Crippen molar-refractivity contribution in [2.24, 2.45) is 17.8 Å². The number of pyridine rings is 1. The molecule has 1 unspecified atom stereocenters. The quantitative estimate of drug-likeness (QED) is 0.209. The van der Waals surface area contributed by atoms with Gasteiger partial charge in [0.25, 0.3) is 11.8 Å². The standard InChI is InChI=1S/C42H43F3N8O6/c1-46-34-6-3-29(19-33(34)42(43,44)45)52-16-12-27(13-17-52)38(55)48-36-8-4-30(20-47-36)59-24-26-22-50(23-26)21-25-10-14-51(15-11-25)28-2-5-31-32(18-28)41(58)53(40(31)57)35-7-9-37(54)49-39(35)56/h2-6,8,18-20,25-27,35H,7,9-17,21-24H2,(H,47,48,55)(H,49,54,56). The van der Waals surface area contributed by atoms with E-state index in [1.165, 1.54) is 12.1 Å². The Morgan fingerprint density at radius 2 is 1.54 bits per heavy atom. The molecule has 5 aliphatic heterocycles. The van der Waals surface area contributed by atoms with Gasteiger partial charge in [-0.25, -0.2) is 9.83 Å². The van der Waals surface area contributed by atoms with Crippen LogP contribution in [-0.2, 0) is 20.6 Å². The normalized spacial score (nSPS) is 20.9. The number of rotatable bonds is 10. The predicted molar refractivity (Wildman–Crippen MR) is 209 cm³/mol. The monoisotopic (exact) mass is 812 g/mol. The molecule has 3 aromatic rings. The number of amides is 5. The summed E-state index contributed by atoms with van der Waals surface area (Å²) in [7, 11) is 0. The molecule has 0 radical (unpaired) electrons. The number of hydrogen-bond acceptors (Lipinski definition) is 10. The van der Waals surface area contributed by atoms with Crippen molar-refractivity contribution in [3.63, 3.8) is 0 Å². The van der Waals surface area contributed by atoms with Crippen molar-refractivity contribution in [2.45, 2.75) is 50.7 Å². The van der Waals surface area contributed by atoms with Crippen LogP contribution in [0.1, 0.15) is 64.8 Å². The van der Waals surface area contributed by atoms with E-state index in [0.717, 1.165) is 62.2 Å². The van der Waals surface area contributed by atoms with Gasteiger partial charge in [0.2, 0.25) is 17.7 Å². The van der Waals surface area contributed by atoms with Crippen LogP contribution in [0, 0.1) is 24.3 Å². The van der Waals surface area contributed by atoms with Gasteiger partial charge < -0.3 is 24.8 Å². The lowest BCUT2D eigenvalue weighted by atomic mass is 9.92. The van der Waals surface area contributed by atoms with Crippen molar-refractivity contribution in [1.82, 2.24) is 20.1 Å². The maximum atomic E-state index is 13.4. The van der Waals surface area contributed by atoms with E-state index in [0.29, 0.717) is 61.6 Å². The SMILES string of the molecule is [C-]#[N+]c1ccc(N2CCC(C(=O)Nc3ccc(OCC4CN(CC5CCN(c6ccc7c(c6)C(=O)N(C6CCC(=O)NC6=O)C7=O)CC5)C4)cn3)CC2)cc1C(F)(F)F. The van der Waals surface area contributed by atoms with Crippen molar-refractivity contribution < 1.29 is 41.9 Å². The Labute approximate surface area is 338 Å². The highest BCUT2D eigenvalue weighted by Crippen LogP contribution is 2.40. The van der Waals surface area contributed by atoms with Gasteiger partial charge in [-0.15, -0.1) is 0 Å². The molecule has 1 aromatic heterocycles. The summed E-state index contributed by atoms with van der Waals surface area (Å²) in [4.78, 5) is 78.1. The number of ether oxygens (including phenoxy) is 1. The third-order valence-electron chi connectivity index (χ3n) is 12.1. The van der Waals surface area contributed by atoms with E-state index in [-0.39, 0.29) is 35.8 Å². The van der Waals surface area contributed by atoms with Crippen molar-refractivity contribution >= 4 is 52.4 Å². The van der Waals surface area contributed by atoms with E-state index >= 15 is 0 Å². The fraction of sp³-hybridized carbons (Fsp3) is 0.452. The summed E-state index contributed by atoms with van der Waals surface area (Å²) >= 11 is 0. The number of hydrogen-bond donors (Lipinski definition) is 2.